The standard InChI is InChI=1S/C21H21N3O4/c1-3-28-16-11-7-5-9-14(16)12-22-20(26)17-18(25)21(27)24-19(23-17)15-10-6-4-8-13(15)2/h4-11,25H,3,12H2,1-2H3,(H,22,26)(H,23,24,27). The monoisotopic (exact) mass is 379 g/mol. The zero-order chi connectivity index (χ0) is 20.1. The smallest absolute Gasteiger partial charge is 0.274 e. The fourth-order valence-corrected chi connectivity index (χ4v) is 2.75. The van der Waals surface area contributed by atoms with E-state index in [1.807, 2.05) is 50.2 Å². The lowest BCUT2D eigenvalue weighted by molar-refractivity contribution is 0.0941. The molecule has 3 aromatic rings. The zero-order valence-electron chi connectivity index (χ0n) is 15.6. The van der Waals surface area contributed by atoms with E-state index in [4.69, 9.17) is 4.74 Å². The minimum absolute atomic E-state index is 0.160. The number of aromatic hydroxyl groups is 2. The predicted octanol–water partition coefficient (Wildman–Crippen LogP) is 3.19. The SMILES string of the molecule is CCOc1ccccc1CNC(=O)c1nc(-c2ccccc2C)nc(O)c1O. The van der Waals surface area contributed by atoms with E-state index in [9.17, 15) is 15.0 Å². The number of rotatable bonds is 6. The highest BCUT2D eigenvalue weighted by molar-refractivity contribution is 5.95. The van der Waals surface area contributed by atoms with Gasteiger partial charge in [-0.25, -0.2) is 4.98 Å². The molecule has 0 aliphatic rings. The van der Waals surface area contributed by atoms with Gasteiger partial charge in [0.1, 0.15) is 5.75 Å². The van der Waals surface area contributed by atoms with Gasteiger partial charge in [0.25, 0.3) is 11.8 Å². The number of aromatic nitrogens is 2. The van der Waals surface area contributed by atoms with Crippen molar-refractivity contribution in [2.24, 2.45) is 0 Å². The quantitative estimate of drug-likeness (QED) is 0.608. The van der Waals surface area contributed by atoms with E-state index in [2.05, 4.69) is 15.3 Å². The van der Waals surface area contributed by atoms with Gasteiger partial charge in [0.2, 0.25) is 5.75 Å². The summed E-state index contributed by atoms with van der Waals surface area (Å²) in [5, 5.41) is 22.8. The summed E-state index contributed by atoms with van der Waals surface area (Å²) in [7, 11) is 0. The molecule has 0 saturated heterocycles. The Labute approximate surface area is 162 Å². The Morgan fingerprint density at radius 1 is 1.07 bits per heavy atom. The number of amides is 1. The number of nitrogens with zero attached hydrogens (tertiary/aromatic N) is 2. The Morgan fingerprint density at radius 3 is 2.54 bits per heavy atom. The summed E-state index contributed by atoms with van der Waals surface area (Å²) in [6.07, 6.45) is 0. The van der Waals surface area contributed by atoms with Crippen molar-refractivity contribution in [3.63, 3.8) is 0 Å². The number of aryl methyl sites for hydroxylation is 1. The fourth-order valence-electron chi connectivity index (χ4n) is 2.75. The molecular weight excluding hydrogens is 358 g/mol. The molecule has 1 aromatic heterocycles. The Bertz CT molecular complexity index is 1000. The molecule has 144 valence electrons. The number of benzene rings is 2. The molecule has 3 rings (SSSR count). The van der Waals surface area contributed by atoms with Crippen LogP contribution in [0.1, 0.15) is 28.5 Å². The maximum atomic E-state index is 12.6. The van der Waals surface area contributed by atoms with Gasteiger partial charge in [-0.15, -0.1) is 0 Å². The van der Waals surface area contributed by atoms with Gasteiger partial charge in [0, 0.05) is 17.7 Å². The van der Waals surface area contributed by atoms with Crippen LogP contribution in [-0.2, 0) is 6.54 Å². The summed E-state index contributed by atoms with van der Waals surface area (Å²) in [4.78, 5) is 20.7. The van der Waals surface area contributed by atoms with Gasteiger partial charge in [-0.3, -0.25) is 4.79 Å². The van der Waals surface area contributed by atoms with Crippen LogP contribution in [0.5, 0.6) is 17.4 Å². The maximum Gasteiger partial charge on any atom is 0.274 e. The molecule has 0 radical (unpaired) electrons. The van der Waals surface area contributed by atoms with Gasteiger partial charge in [-0.05, 0) is 25.5 Å². The molecule has 1 amide bonds. The molecule has 0 bridgehead atoms. The third kappa shape index (κ3) is 4.03. The lowest BCUT2D eigenvalue weighted by Crippen LogP contribution is -2.24. The summed E-state index contributed by atoms with van der Waals surface area (Å²) < 4.78 is 5.54. The molecule has 28 heavy (non-hydrogen) atoms. The molecule has 3 N–H and O–H groups in total. The van der Waals surface area contributed by atoms with Gasteiger partial charge in [-0.2, -0.15) is 4.98 Å². The Hall–Kier alpha value is -3.61. The number of hydrogen-bond acceptors (Lipinski definition) is 6. The van der Waals surface area contributed by atoms with Crippen LogP contribution in [0, 0.1) is 6.92 Å². The van der Waals surface area contributed by atoms with Crippen molar-refractivity contribution in [3.8, 4) is 28.8 Å². The van der Waals surface area contributed by atoms with Gasteiger partial charge < -0.3 is 20.3 Å². The van der Waals surface area contributed by atoms with Gasteiger partial charge >= 0.3 is 0 Å². The van der Waals surface area contributed by atoms with Gasteiger partial charge in [0.15, 0.2) is 11.5 Å². The van der Waals surface area contributed by atoms with Crippen molar-refractivity contribution in [2.45, 2.75) is 20.4 Å². The van der Waals surface area contributed by atoms with E-state index in [1.165, 1.54) is 0 Å². The first kappa shape index (κ1) is 19.2. The number of ether oxygens (including phenoxy) is 1. The molecule has 2 aromatic carbocycles. The van der Waals surface area contributed by atoms with E-state index >= 15 is 0 Å². The van der Waals surface area contributed by atoms with Crippen LogP contribution >= 0.6 is 0 Å². The van der Waals surface area contributed by atoms with Crippen LogP contribution in [0.15, 0.2) is 48.5 Å². The summed E-state index contributed by atoms with van der Waals surface area (Å²) in [5.74, 6) is -1.11. The second-order valence-electron chi connectivity index (χ2n) is 6.11. The number of carbonyl (C=O) groups excluding carboxylic acids is 1. The summed E-state index contributed by atoms with van der Waals surface area (Å²) in [6.45, 7) is 4.43. The average Bonchev–Trinajstić information content (AvgIpc) is 2.69. The molecule has 7 heteroatoms. The molecule has 0 unspecified atom stereocenters. The average molecular weight is 379 g/mol. The summed E-state index contributed by atoms with van der Waals surface area (Å²) in [6, 6.07) is 14.7. The first-order valence-electron chi connectivity index (χ1n) is 8.86. The van der Waals surface area contributed by atoms with Crippen molar-refractivity contribution in [1.82, 2.24) is 15.3 Å². The van der Waals surface area contributed by atoms with E-state index in [0.717, 1.165) is 11.1 Å². The highest BCUT2D eigenvalue weighted by Gasteiger charge is 2.21. The molecule has 0 aliphatic heterocycles. The van der Waals surface area contributed by atoms with Crippen LogP contribution in [0.2, 0.25) is 0 Å². The summed E-state index contributed by atoms with van der Waals surface area (Å²) in [5.41, 5.74) is 2.03. The Morgan fingerprint density at radius 2 is 1.79 bits per heavy atom. The number of para-hydroxylation sites is 1. The maximum absolute atomic E-state index is 12.6. The number of nitrogens with one attached hydrogen (secondary N) is 1. The topological polar surface area (TPSA) is 105 Å². The van der Waals surface area contributed by atoms with Gasteiger partial charge in [-0.1, -0.05) is 42.5 Å². The van der Waals surface area contributed by atoms with Crippen LogP contribution in [0.3, 0.4) is 0 Å². The van der Waals surface area contributed by atoms with Crippen molar-refractivity contribution in [1.29, 1.82) is 0 Å². The minimum Gasteiger partial charge on any atom is -0.501 e. The molecule has 0 aliphatic carbocycles. The van der Waals surface area contributed by atoms with Crippen molar-refractivity contribution < 1.29 is 19.7 Å². The molecule has 0 fully saturated rings. The van der Waals surface area contributed by atoms with Crippen molar-refractivity contribution in [3.05, 3.63) is 65.4 Å². The number of hydrogen-bond donors (Lipinski definition) is 3. The van der Waals surface area contributed by atoms with Crippen LogP contribution in [0.4, 0.5) is 0 Å². The van der Waals surface area contributed by atoms with Crippen molar-refractivity contribution >= 4 is 5.91 Å². The molecule has 0 saturated carbocycles. The predicted molar refractivity (Wildman–Crippen MR) is 104 cm³/mol. The molecule has 7 nitrogen and oxygen atoms in total. The van der Waals surface area contributed by atoms with Crippen molar-refractivity contribution in [2.75, 3.05) is 6.61 Å². The third-order valence-electron chi connectivity index (χ3n) is 4.18. The largest absolute Gasteiger partial charge is 0.501 e. The highest BCUT2D eigenvalue weighted by atomic mass is 16.5. The van der Waals surface area contributed by atoms with E-state index in [-0.39, 0.29) is 18.1 Å². The lowest BCUT2D eigenvalue weighted by Gasteiger charge is -2.12. The number of carbonyl (C=O) groups is 1. The first-order valence-corrected chi connectivity index (χ1v) is 8.86. The molecule has 0 spiro atoms. The second-order valence-corrected chi connectivity index (χ2v) is 6.11. The van der Waals surface area contributed by atoms with E-state index in [0.29, 0.717) is 17.9 Å². The van der Waals surface area contributed by atoms with Crippen LogP contribution < -0.4 is 10.1 Å². The van der Waals surface area contributed by atoms with E-state index < -0.39 is 17.5 Å². The highest BCUT2D eigenvalue weighted by Crippen LogP contribution is 2.30. The lowest BCUT2D eigenvalue weighted by atomic mass is 10.1. The second kappa shape index (κ2) is 8.39. The normalized spacial score (nSPS) is 10.5. The Balaban J connectivity index is 1.87. The summed E-state index contributed by atoms with van der Waals surface area (Å²) >= 11 is 0. The molecular formula is C21H21N3O4. The third-order valence-corrected chi connectivity index (χ3v) is 4.18. The Kier molecular flexibility index (Phi) is 5.74. The minimum atomic E-state index is -0.659. The van der Waals surface area contributed by atoms with Gasteiger partial charge in [0.05, 0.1) is 6.61 Å². The first-order chi connectivity index (χ1) is 13.5. The fraction of sp³-hybridized carbons (Fsp3) is 0.190. The molecule has 0 atom stereocenters. The van der Waals surface area contributed by atoms with Crippen LogP contribution in [-0.4, -0.2) is 32.7 Å². The van der Waals surface area contributed by atoms with Crippen LogP contribution in [0.25, 0.3) is 11.4 Å². The molecule has 1 heterocycles. The van der Waals surface area contributed by atoms with E-state index in [1.54, 1.807) is 12.1 Å². The zero-order valence-corrected chi connectivity index (χ0v) is 15.6.